The van der Waals surface area contributed by atoms with Crippen molar-refractivity contribution in [2.75, 3.05) is 37.5 Å². The van der Waals surface area contributed by atoms with Gasteiger partial charge in [0.25, 0.3) is 23.2 Å². The number of aromatic nitrogens is 3. The number of hydrogen-bond donors (Lipinski definition) is 2. The number of β-lactam (4-membered cyclic amide) rings is 1. The van der Waals surface area contributed by atoms with E-state index in [1.54, 1.807) is 22.9 Å². The van der Waals surface area contributed by atoms with Gasteiger partial charge in [-0.15, -0.1) is 30.1 Å². The molecular formula is C62H83N9O10S5+2. The van der Waals surface area contributed by atoms with Crippen LogP contribution in [0.15, 0.2) is 57.9 Å². The van der Waals surface area contributed by atoms with Crippen LogP contribution in [0.4, 0.5) is 5.13 Å². The number of nitrogens with one attached hydrogen (secondary N) is 1. The molecule has 6 unspecified atom stereocenters. The molecule has 5 aliphatic heterocycles. The van der Waals surface area contributed by atoms with E-state index in [4.69, 9.17) is 29.8 Å². The number of amides is 2. The van der Waals surface area contributed by atoms with Gasteiger partial charge in [0, 0.05) is 92.4 Å². The fourth-order valence-electron chi connectivity index (χ4n) is 15.0. The van der Waals surface area contributed by atoms with Crippen LogP contribution in [0.1, 0.15) is 150 Å². The quantitative estimate of drug-likeness (QED) is 0.0104. The molecule has 24 heteroatoms. The van der Waals surface area contributed by atoms with Gasteiger partial charge in [0.05, 0.1) is 12.4 Å². The van der Waals surface area contributed by atoms with E-state index in [0.717, 1.165) is 86.7 Å². The van der Waals surface area contributed by atoms with E-state index in [0.29, 0.717) is 58.1 Å². The first kappa shape index (κ1) is 64.0. The van der Waals surface area contributed by atoms with Crippen molar-refractivity contribution in [1.29, 1.82) is 0 Å². The van der Waals surface area contributed by atoms with Crippen LogP contribution in [0.25, 0.3) is 5.70 Å². The number of nitrogens with zero attached hydrogens (tertiary/aromatic N) is 7. The zero-order valence-corrected chi connectivity index (χ0v) is 54.4. The summed E-state index contributed by atoms with van der Waals surface area (Å²) in [5.41, 5.74) is 4.80. The molecule has 19 nitrogen and oxygen atoms in total. The molecule has 6 fully saturated rings. The van der Waals surface area contributed by atoms with Crippen molar-refractivity contribution >= 4 is 120 Å². The van der Waals surface area contributed by atoms with Crippen molar-refractivity contribution in [3.05, 3.63) is 65.5 Å². The number of esters is 3. The number of unbranched alkanes of at least 4 members (excludes halogenated alkanes) is 6. The Morgan fingerprint density at radius 3 is 2.42 bits per heavy atom. The number of aliphatic imine (C=N–C) groups is 1. The number of carbonyl (C=O) groups excluding carboxylic acids is 6. The van der Waals surface area contributed by atoms with E-state index in [1.807, 2.05) is 36.0 Å². The highest BCUT2D eigenvalue weighted by molar-refractivity contribution is 8.33. The van der Waals surface area contributed by atoms with Gasteiger partial charge in [0.1, 0.15) is 54.1 Å². The van der Waals surface area contributed by atoms with Crippen LogP contribution in [-0.4, -0.2) is 143 Å². The Kier molecular flexibility index (Phi) is 20.4. The predicted octanol–water partition coefficient (Wildman–Crippen LogP) is 7.68. The molecule has 7 heterocycles. The monoisotopic (exact) mass is 1270 g/mol. The van der Waals surface area contributed by atoms with E-state index in [9.17, 15) is 28.8 Å². The van der Waals surface area contributed by atoms with Gasteiger partial charge in [0.15, 0.2) is 17.5 Å². The number of anilines is 1. The van der Waals surface area contributed by atoms with Gasteiger partial charge < -0.3 is 35.0 Å². The first-order chi connectivity index (χ1) is 41.3. The molecule has 3 saturated heterocycles. The molecule has 0 radical (unpaired) electrons. The van der Waals surface area contributed by atoms with Crippen LogP contribution in [0.5, 0.6) is 0 Å². The number of ketones is 1. The van der Waals surface area contributed by atoms with E-state index in [2.05, 4.69) is 72.8 Å². The number of oxime groups is 1. The highest BCUT2D eigenvalue weighted by Gasteiger charge is 2.69. The van der Waals surface area contributed by atoms with Crippen molar-refractivity contribution in [2.24, 2.45) is 44.1 Å². The number of rotatable bonds is 23. The minimum atomic E-state index is -0.982. The molecule has 2 aromatic heterocycles. The zero-order valence-electron chi connectivity index (χ0n) is 50.3. The number of Topliss-reactive ketones (excluding diaryl/α,β-unsaturated/α-hetero) is 1. The Hall–Kier alpha value is -5.01. The molecule has 0 spiro atoms. The van der Waals surface area contributed by atoms with Crippen molar-refractivity contribution in [2.45, 2.75) is 185 Å². The topological polar surface area (TPSA) is 240 Å². The molecule has 3 N–H and O–H groups in total. The first-order valence-corrected chi connectivity index (χ1v) is 35.1. The van der Waals surface area contributed by atoms with Crippen LogP contribution in [0, 0.1) is 40.7 Å². The van der Waals surface area contributed by atoms with Crippen molar-refractivity contribution in [3.63, 3.8) is 0 Å². The molecule has 3 saturated carbocycles. The minimum absolute atomic E-state index is 0.0286. The Bertz CT molecular complexity index is 3170. The molecule has 86 heavy (non-hydrogen) atoms. The first-order valence-electron chi connectivity index (χ1n) is 30.6. The van der Waals surface area contributed by atoms with Gasteiger partial charge >= 0.3 is 22.3 Å². The van der Waals surface area contributed by atoms with Gasteiger partial charge in [-0.05, 0) is 101 Å². The summed E-state index contributed by atoms with van der Waals surface area (Å²) >= 11 is 6.79. The lowest BCUT2D eigenvalue weighted by Gasteiger charge is -2.62. The Labute approximate surface area is 525 Å². The van der Waals surface area contributed by atoms with Crippen molar-refractivity contribution < 1.29 is 52.1 Å². The summed E-state index contributed by atoms with van der Waals surface area (Å²) in [4.78, 5) is 103. The maximum Gasteiger partial charge on any atom is 0.363 e. The third-order valence-electron chi connectivity index (χ3n) is 20.0. The molecule has 8 aliphatic rings. The lowest BCUT2D eigenvalue weighted by molar-refractivity contribution is -0.498. The molecule has 4 bridgehead atoms. The number of fused-ring (bicyclic) bond motifs is 3. The summed E-state index contributed by atoms with van der Waals surface area (Å²) in [6.07, 6.45) is 18.5. The molecule has 0 aromatic carbocycles. The van der Waals surface area contributed by atoms with Gasteiger partial charge in [-0.1, -0.05) is 71.0 Å². The molecule has 464 valence electrons. The highest BCUT2D eigenvalue weighted by Crippen LogP contribution is 2.68. The van der Waals surface area contributed by atoms with Crippen molar-refractivity contribution in [3.8, 4) is 0 Å². The average Bonchev–Trinajstić information content (AvgIpc) is 1.33. The number of ether oxygens (including phenoxy) is 3. The lowest BCUT2D eigenvalue weighted by Crippen LogP contribution is -2.71. The van der Waals surface area contributed by atoms with Crippen LogP contribution >= 0.6 is 46.8 Å². The molecular weight excluding hydrogens is 1190 g/mol. The van der Waals surface area contributed by atoms with Gasteiger partial charge in [0.2, 0.25) is 16.9 Å². The second kappa shape index (κ2) is 27.4. The third-order valence-corrected chi connectivity index (χ3v) is 25.3. The Balaban J connectivity index is 0.714. The molecule has 3 aliphatic carbocycles. The van der Waals surface area contributed by atoms with Gasteiger partial charge in [-0.3, -0.25) is 28.9 Å². The summed E-state index contributed by atoms with van der Waals surface area (Å²) in [6, 6.07) is 4.03. The summed E-state index contributed by atoms with van der Waals surface area (Å²) < 4.78 is 25.7. The molecule has 12 atom stereocenters. The van der Waals surface area contributed by atoms with E-state index < -0.39 is 52.2 Å². The Morgan fingerprint density at radius 2 is 1.72 bits per heavy atom. The fourth-order valence-corrected chi connectivity index (χ4v) is 20.0. The van der Waals surface area contributed by atoms with Crippen molar-refractivity contribution in [1.82, 2.24) is 24.5 Å². The number of thioether (sulfide) groups is 3. The van der Waals surface area contributed by atoms with Crippen LogP contribution in [0.3, 0.4) is 0 Å². The second-order valence-corrected chi connectivity index (χ2v) is 30.4. The minimum Gasteiger partial charge on any atom is -0.461 e. The van der Waals surface area contributed by atoms with E-state index in [1.165, 1.54) is 52.6 Å². The summed E-state index contributed by atoms with van der Waals surface area (Å²) in [6.45, 7) is 19.0. The van der Waals surface area contributed by atoms with E-state index >= 15 is 0 Å². The molecule has 2 aromatic rings. The average molecular weight is 1270 g/mol. The smallest absolute Gasteiger partial charge is 0.363 e. The number of nitrogen functional groups attached to an aromatic ring is 1. The maximum atomic E-state index is 14.3. The largest absolute Gasteiger partial charge is 0.461 e. The summed E-state index contributed by atoms with van der Waals surface area (Å²) in [5.74, 6) is -1.71. The number of hydrogen-bond acceptors (Lipinski definition) is 20. The highest BCUT2D eigenvalue weighted by atomic mass is 32.2. The summed E-state index contributed by atoms with van der Waals surface area (Å²) in [7, 11) is 2.23. The van der Waals surface area contributed by atoms with Crippen LogP contribution < -0.4 is 20.5 Å². The number of carbonyl (C=O) groups is 6. The normalized spacial score (nSPS) is 32.2. The molecule has 2 amide bonds. The van der Waals surface area contributed by atoms with Gasteiger partial charge in [-0.25, -0.2) is 4.79 Å². The lowest BCUT2D eigenvalue weighted by atomic mass is 9.44. The van der Waals surface area contributed by atoms with Crippen LogP contribution in [0.2, 0.25) is 0 Å². The van der Waals surface area contributed by atoms with Gasteiger partial charge in [-0.2, -0.15) is 18.6 Å². The fraction of sp³-hybridized carbons (Fsp3) is 0.645. The summed E-state index contributed by atoms with van der Waals surface area (Å²) in [5, 5.41) is 9.48. The zero-order chi connectivity index (χ0) is 61.1. The molecule has 10 rings (SSSR count). The van der Waals surface area contributed by atoms with E-state index in [-0.39, 0.29) is 88.6 Å². The Morgan fingerprint density at radius 1 is 1.00 bits per heavy atom. The second-order valence-electron chi connectivity index (χ2n) is 25.0. The number of pyridine rings is 1. The number of piperidine rings is 1. The maximum absolute atomic E-state index is 14.3. The number of nitrogens with two attached hydrogens (primary N) is 1. The standard InChI is InChI=1S/C62H82N9O10S5/c1-9-60(5)32-45(80-47(74)35-82-41-30-39-19-20-40(31-41)70(39)8)61(6)36(3)21-25-62(26-22-43(72)51(61)62)37(4)52(60)81-46(73)18-16-14-12-11-13-15-17-29-78-57(77)50-44(85-59-64-42(33-84-59)38-23-27-69(7)28-24-38)34-83-56-49(55(76)71(50)56)65-54(75)48(67-79-10-2)53-66-58(63)86-68-53/h9,23-24,27-28,33,36-37,39-41,45,49,51-52,56H,1,7,10-22,25-26,29-32,34-35H2,2-6,8H3,(H2-,63,65,66,68,75)/q+1/p+1/b67-48-/t36?,37-,39?,40?,41?,45+,49-,51?,52-,56?,60+,61-,62?/m1/s1. The SMILES string of the molecule is C=C[C@@]1(C)C[C@H](OC(=O)CSC2CC3CCC(C2)N3C)[C@@]2(C)C(C)CCC3(CCC(=O)C32)[C@H](C)[C@H]1OC(=O)CCCCCCCCCOC(=O)C1=C(SC2=NC(=c3cc[n+](=C)cc3)C=[S+]2)CSC2[C@H](NC(=O)/C(=N\OCC)c3nsc(N)n3)C(=O)N12. The third kappa shape index (κ3) is 13.2. The predicted molar refractivity (Wildman–Crippen MR) is 340 cm³/mol. The van der Waals surface area contributed by atoms with Crippen LogP contribution in [-0.2, 0) is 59.2 Å².